The number of carbonyl (C=O) groups excluding carboxylic acids is 1. The van der Waals surface area contributed by atoms with E-state index in [-0.39, 0.29) is 18.1 Å². The molecule has 0 aliphatic heterocycles. The number of hydrogen-bond acceptors (Lipinski definition) is 4. The van der Waals surface area contributed by atoms with Crippen LogP contribution in [0.4, 0.5) is 0 Å². The molecule has 1 aromatic heterocycles. The van der Waals surface area contributed by atoms with Crippen molar-refractivity contribution >= 4 is 5.78 Å². The molecule has 4 heteroatoms. The summed E-state index contributed by atoms with van der Waals surface area (Å²) < 4.78 is 4.92. The third-order valence-electron chi connectivity index (χ3n) is 2.19. The summed E-state index contributed by atoms with van der Waals surface area (Å²) in [5, 5.41) is 12.4. The van der Waals surface area contributed by atoms with Gasteiger partial charge in [0.2, 0.25) is 5.78 Å². The van der Waals surface area contributed by atoms with Crippen molar-refractivity contribution in [3.63, 3.8) is 0 Å². The van der Waals surface area contributed by atoms with E-state index in [2.05, 4.69) is 5.16 Å². The molecule has 16 heavy (non-hydrogen) atoms. The second kappa shape index (κ2) is 4.72. The normalized spacial score (nSPS) is 10.3. The van der Waals surface area contributed by atoms with E-state index in [0.717, 1.165) is 0 Å². The fourth-order valence-electron chi connectivity index (χ4n) is 1.39. The molecule has 1 N–H and O–H groups in total. The quantitative estimate of drug-likeness (QED) is 0.787. The number of ketones is 1. The Labute approximate surface area is 92.5 Å². The third-order valence-corrected chi connectivity index (χ3v) is 2.19. The number of rotatable bonds is 4. The van der Waals surface area contributed by atoms with Gasteiger partial charge in [-0.2, -0.15) is 0 Å². The molecule has 0 aliphatic carbocycles. The van der Waals surface area contributed by atoms with Gasteiger partial charge in [-0.25, -0.2) is 0 Å². The Hall–Kier alpha value is -1.94. The van der Waals surface area contributed by atoms with E-state index in [1.807, 2.05) is 6.07 Å². The Morgan fingerprint density at radius 3 is 2.75 bits per heavy atom. The van der Waals surface area contributed by atoms with Crippen LogP contribution in [0.3, 0.4) is 0 Å². The molecule has 0 unspecified atom stereocenters. The first-order chi connectivity index (χ1) is 7.81. The molecule has 0 saturated carbocycles. The smallest absolute Gasteiger partial charge is 0.214 e. The molecule has 0 bridgehead atoms. The van der Waals surface area contributed by atoms with Crippen molar-refractivity contribution in [2.24, 2.45) is 0 Å². The summed E-state index contributed by atoms with van der Waals surface area (Å²) in [5.41, 5.74) is 0.848. The molecule has 0 aliphatic rings. The minimum atomic E-state index is -0.173. The van der Waals surface area contributed by atoms with Crippen LogP contribution in [0.5, 0.6) is 0 Å². The van der Waals surface area contributed by atoms with Crippen LogP contribution in [0.25, 0.3) is 0 Å². The zero-order chi connectivity index (χ0) is 11.4. The molecule has 1 heterocycles. The maximum atomic E-state index is 11.9. The number of hydrogen-bond donors (Lipinski definition) is 1. The Morgan fingerprint density at radius 2 is 2.06 bits per heavy atom. The van der Waals surface area contributed by atoms with Gasteiger partial charge in [-0.3, -0.25) is 4.79 Å². The molecule has 0 atom stereocenters. The van der Waals surface area contributed by atoms with Crippen LogP contribution in [-0.2, 0) is 6.42 Å². The monoisotopic (exact) mass is 217 g/mol. The van der Waals surface area contributed by atoms with Crippen LogP contribution >= 0.6 is 0 Å². The molecule has 0 fully saturated rings. The molecule has 1 aromatic carbocycles. The van der Waals surface area contributed by atoms with Crippen molar-refractivity contribution < 1.29 is 14.4 Å². The highest BCUT2D eigenvalue weighted by Gasteiger charge is 2.13. The second-order valence-corrected chi connectivity index (χ2v) is 3.35. The first kappa shape index (κ1) is 10.6. The number of aliphatic hydroxyl groups is 1. The van der Waals surface area contributed by atoms with Crippen molar-refractivity contribution in [3.05, 3.63) is 53.4 Å². The molecule has 2 aromatic rings. The average Bonchev–Trinajstić information content (AvgIpc) is 2.78. The van der Waals surface area contributed by atoms with Gasteiger partial charge in [-0.15, -0.1) is 0 Å². The summed E-state index contributed by atoms with van der Waals surface area (Å²) in [6.45, 7) is -0.0197. The summed E-state index contributed by atoms with van der Waals surface area (Å²) in [5.74, 6) is 0.343. The Balaban J connectivity index is 2.21. The molecule has 0 saturated heterocycles. The summed E-state index contributed by atoms with van der Waals surface area (Å²) in [7, 11) is 0. The van der Waals surface area contributed by atoms with Crippen LogP contribution in [0.1, 0.15) is 21.8 Å². The van der Waals surface area contributed by atoms with E-state index in [4.69, 9.17) is 9.63 Å². The molecule has 0 spiro atoms. The van der Waals surface area contributed by atoms with Crippen molar-refractivity contribution in [1.82, 2.24) is 5.16 Å². The summed E-state index contributed by atoms with van der Waals surface area (Å²) in [4.78, 5) is 11.9. The zero-order valence-corrected chi connectivity index (χ0v) is 8.59. The van der Waals surface area contributed by atoms with Gasteiger partial charge in [-0.1, -0.05) is 35.5 Å². The predicted molar refractivity (Wildman–Crippen MR) is 57.2 cm³/mol. The molecule has 0 radical (unpaired) electrons. The largest absolute Gasteiger partial charge is 0.396 e. The van der Waals surface area contributed by atoms with Gasteiger partial charge in [0, 0.05) is 18.1 Å². The highest BCUT2D eigenvalue weighted by atomic mass is 16.5. The van der Waals surface area contributed by atoms with Gasteiger partial charge in [0.1, 0.15) is 5.76 Å². The fourth-order valence-corrected chi connectivity index (χ4v) is 1.39. The Kier molecular flexibility index (Phi) is 3.12. The minimum Gasteiger partial charge on any atom is -0.396 e. The fraction of sp³-hybridized carbons (Fsp3) is 0.167. The van der Waals surface area contributed by atoms with E-state index in [1.165, 1.54) is 0 Å². The standard InChI is InChI=1S/C12H11NO3/c14-7-6-10-8-11(13-16-10)12(15)9-4-2-1-3-5-9/h1-5,8,14H,6-7H2. The number of aliphatic hydroxyl groups excluding tert-OH is 1. The van der Waals surface area contributed by atoms with Crippen LogP contribution in [0, 0.1) is 0 Å². The lowest BCUT2D eigenvalue weighted by Crippen LogP contribution is -2.00. The number of nitrogens with zero attached hydrogens (tertiary/aromatic N) is 1. The summed E-state index contributed by atoms with van der Waals surface area (Å²) >= 11 is 0. The molecular formula is C12H11NO3. The minimum absolute atomic E-state index is 0.0197. The Bertz CT molecular complexity index is 476. The molecular weight excluding hydrogens is 206 g/mol. The molecule has 0 amide bonds. The average molecular weight is 217 g/mol. The Morgan fingerprint density at radius 1 is 1.31 bits per heavy atom. The summed E-state index contributed by atoms with van der Waals surface area (Å²) in [6, 6.07) is 10.4. The lowest BCUT2D eigenvalue weighted by molar-refractivity contribution is 0.103. The van der Waals surface area contributed by atoms with Crippen LogP contribution in [0.15, 0.2) is 40.9 Å². The lowest BCUT2D eigenvalue weighted by atomic mass is 10.1. The highest BCUT2D eigenvalue weighted by Crippen LogP contribution is 2.10. The number of benzene rings is 1. The molecule has 4 nitrogen and oxygen atoms in total. The topological polar surface area (TPSA) is 63.3 Å². The van der Waals surface area contributed by atoms with Crippen molar-refractivity contribution in [2.45, 2.75) is 6.42 Å². The highest BCUT2D eigenvalue weighted by molar-refractivity contribution is 6.07. The van der Waals surface area contributed by atoms with Crippen molar-refractivity contribution in [3.8, 4) is 0 Å². The van der Waals surface area contributed by atoms with Gasteiger partial charge in [0.25, 0.3) is 0 Å². The van der Waals surface area contributed by atoms with Gasteiger partial charge >= 0.3 is 0 Å². The van der Waals surface area contributed by atoms with Gasteiger partial charge in [0.15, 0.2) is 5.69 Å². The first-order valence-electron chi connectivity index (χ1n) is 4.97. The zero-order valence-electron chi connectivity index (χ0n) is 8.59. The maximum Gasteiger partial charge on any atom is 0.214 e. The van der Waals surface area contributed by atoms with Gasteiger partial charge < -0.3 is 9.63 Å². The van der Waals surface area contributed by atoms with Gasteiger partial charge in [-0.05, 0) is 0 Å². The van der Waals surface area contributed by atoms with Crippen LogP contribution in [0.2, 0.25) is 0 Å². The van der Waals surface area contributed by atoms with Crippen LogP contribution < -0.4 is 0 Å². The summed E-state index contributed by atoms with van der Waals surface area (Å²) in [6.07, 6.45) is 0.370. The van der Waals surface area contributed by atoms with Crippen LogP contribution in [-0.4, -0.2) is 22.7 Å². The van der Waals surface area contributed by atoms with Gasteiger partial charge in [0.05, 0.1) is 6.61 Å². The lowest BCUT2D eigenvalue weighted by Gasteiger charge is -1.94. The van der Waals surface area contributed by atoms with E-state index < -0.39 is 0 Å². The number of aromatic nitrogens is 1. The van der Waals surface area contributed by atoms with E-state index in [9.17, 15) is 4.79 Å². The number of carbonyl (C=O) groups is 1. The third kappa shape index (κ3) is 2.17. The molecule has 2 rings (SSSR count). The second-order valence-electron chi connectivity index (χ2n) is 3.35. The van der Waals surface area contributed by atoms with E-state index in [1.54, 1.807) is 30.3 Å². The maximum absolute atomic E-state index is 11.9. The first-order valence-corrected chi connectivity index (χ1v) is 4.97. The van der Waals surface area contributed by atoms with E-state index in [0.29, 0.717) is 17.7 Å². The van der Waals surface area contributed by atoms with Crippen molar-refractivity contribution in [1.29, 1.82) is 0 Å². The van der Waals surface area contributed by atoms with Crippen molar-refractivity contribution in [2.75, 3.05) is 6.61 Å². The van der Waals surface area contributed by atoms with E-state index >= 15 is 0 Å². The SMILES string of the molecule is O=C(c1ccccc1)c1cc(CCO)on1. The predicted octanol–water partition coefficient (Wildman–Crippen LogP) is 1.44. The molecule has 82 valence electrons.